The van der Waals surface area contributed by atoms with Crippen molar-refractivity contribution in [3.05, 3.63) is 101 Å². The van der Waals surface area contributed by atoms with Gasteiger partial charge in [0.15, 0.2) is 0 Å². The molecule has 164 valence electrons. The summed E-state index contributed by atoms with van der Waals surface area (Å²) >= 11 is 0. The van der Waals surface area contributed by atoms with Crippen LogP contribution in [0.5, 0.6) is 5.75 Å². The fraction of sp³-hybridized carbons (Fsp3) is 0.280. The summed E-state index contributed by atoms with van der Waals surface area (Å²) in [5, 5.41) is 0. The number of hydrogen-bond acceptors (Lipinski definition) is 2. The summed E-state index contributed by atoms with van der Waals surface area (Å²) in [6, 6.07) is 19.8. The molecule has 3 aromatic carbocycles. The van der Waals surface area contributed by atoms with Crippen LogP contribution in [0.4, 0.5) is 17.6 Å². The van der Waals surface area contributed by atoms with Crippen molar-refractivity contribution < 1.29 is 27.0 Å². The summed E-state index contributed by atoms with van der Waals surface area (Å²) in [5.74, 6) is -1.59. The predicted molar refractivity (Wildman–Crippen MR) is 112 cm³/mol. The standard InChI is InChI=1S/C25H24F4O2/c1-2-31-22-11-9-20(10-12-22)23(25(27,28)29)17-30-16-19-8-13-24(26)21(15-19)14-18-6-4-3-5-7-18/h3-13,15,23H,2,14,16-17H2,1H3. The molecule has 0 heterocycles. The van der Waals surface area contributed by atoms with Gasteiger partial charge in [0.1, 0.15) is 17.5 Å². The maximum atomic E-state index is 14.2. The van der Waals surface area contributed by atoms with E-state index in [1.54, 1.807) is 13.0 Å². The van der Waals surface area contributed by atoms with E-state index in [0.29, 0.717) is 29.9 Å². The van der Waals surface area contributed by atoms with E-state index in [0.717, 1.165) is 5.56 Å². The molecule has 2 nitrogen and oxygen atoms in total. The van der Waals surface area contributed by atoms with Gasteiger partial charge in [-0.05, 0) is 47.4 Å². The molecule has 6 heteroatoms. The van der Waals surface area contributed by atoms with Gasteiger partial charge < -0.3 is 9.47 Å². The first-order valence-corrected chi connectivity index (χ1v) is 10.0. The molecule has 0 radical (unpaired) electrons. The average Bonchev–Trinajstić information content (AvgIpc) is 2.74. The number of hydrogen-bond donors (Lipinski definition) is 0. The molecule has 0 aliphatic carbocycles. The lowest BCUT2D eigenvalue weighted by Gasteiger charge is -2.21. The highest BCUT2D eigenvalue weighted by atomic mass is 19.4. The van der Waals surface area contributed by atoms with Gasteiger partial charge in [0.05, 0.1) is 19.8 Å². The van der Waals surface area contributed by atoms with Crippen LogP contribution >= 0.6 is 0 Å². The highest BCUT2D eigenvalue weighted by Crippen LogP contribution is 2.36. The van der Waals surface area contributed by atoms with Crippen molar-refractivity contribution in [1.82, 2.24) is 0 Å². The molecule has 0 N–H and O–H groups in total. The van der Waals surface area contributed by atoms with Crippen LogP contribution in [-0.2, 0) is 17.8 Å². The van der Waals surface area contributed by atoms with Crippen LogP contribution in [-0.4, -0.2) is 19.4 Å². The molecule has 1 unspecified atom stereocenters. The van der Waals surface area contributed by atoms with Crippen molar-refractivity contribution in [2.45, 2.75) is 32.0 Å². The van der Waals surface area contributed by atoms with E-state index in [-0.39, 0.29) is 18.0 Å². The Labute approximate surface area is 179 Å². The Kier molecular flexibility index (Phi) is 7.69. The van der Waals surface area contributed by atoms with Gasteiger partial charge in [-0.3, -0.25) is 0 Å². The van der Waals surface area contributed by atoms with E-state index in [4.69, 9.17) is 9.47 Å². The summed E-state index contributed by atoms with van der Waals surface area (Å²) in [6.45, 7) is 1.69. The van der Waals surface area contributed by atoms with Crippen LogP contribution < -0.4 is 4.74 Å². The molecule has 0 saturated heterocycles. The minimum Gasteiger partial charge on any atom is -0.494 e. The molecule has 0 spiro atoms. The molecule has 0 aliphatic rings. The Bertz CT molecular complexity index is 954. The van der Waals surface area contributed by atoms with Crippen molar-refractivity contribution >= 4 is 0 Å². The lowest BCUT2D eigenvalue weighted by molar-refractivity contribution is -0.163. The average molecular weight is 432 g/mol. The second kappa shape index (κ2) is 10.4. The molecule has 3 aromatic rings. The lowest BCUT2D eigenvalue weighted by atomic mass is 9.99. The Morgan fingerprint density at radius 3 is 2.23 bits per heavy atom. The molecule has 0 bridgehead atoms. The lowest BCUT2D eigenvalue weighted by Crippen LogP contribution is -2.25. The monoisotopic (exact) mass is 432 g/mol. The van der Waals surface area contributed by atoms with Gasteiger partial charge >= 0.3 is 6.18 Å². The fourth-order valence-corrected chi connectivity index (χ4v) is 3.31. The molecular formula is C25H24F4O2. The van der Waals surface area contributed by atoms with Crippen molar-refractivity contribution in [2.75, 3.05) is 13.2 Å². The van der Waals surface area contributed by atoms with Crippen LogP contribution in [0.2, 0.25) is 0 Å². The zero-order valence-electron chi connectivity index (χ0n) is 17.2. The van der Waals surface area contributed by atoms with Gasteiger partial charge in [0.25, 0.3) is 0 Å². The maximum absolute atomic E-state index is 14.2. The Morgan fingerprint density at radius 1 is 0.871 bits per heavy atom. The number of ether oxygens (including phenoxy) is 2. The number of alkyl halides is 3. The third-order valence-electron chi connectivity index (χ3n) is 4.89. The number of benzene rings is 3. The number of rotatable bonds is 9. The third kappa shape index (κ3) is 6.56. The van der Waals surface area contributed by atoms with Crippen LogP contribution in [0.1, 0.15) is 35.1 Å². The van der Waals surface area contributed by atoms with Crippen LogP contribution in [0.3, 0.4) is 0 Å². The zero-order valence-corrected chi connectivity index (χ0v) is 17.2. The molecule has 3 rings (SSSR count). The van der Waals surface area contributed by atoms with Crippen molar-refractivity contribution in [1.29, 1.82) is 0 Å². The molecule has 0 aliphatic heterocycles. The summed E-state index contributed by atoms with van der Waals surface area (Å²) in [4.78, 5) is 0. The largest absolute Gasteiger partial charge is 0.494 e. The second-order valence-electron chi connectivity index (χ2n) is 7.20. The normalized spacial score (nSPS) is 12.5. The Morgan fingerprint density at radius 2 is 1.58 bits per heavy atom. The number of halogens is 4. The first-order chi connectivity index (χ1) is 14.9. The summed E-state index contributed by atoms with van der Waals surface area (Å²) < 4.78 is 65.6. The van der Waals surface area contributed by atoms with E-state index in [2.05, 4.69) is 0 Å². The maximum Gasteiger partial charge on any atom is 0.397 e. The van der Waals surface area contributed by atoms with E-state index < -0.39 is 18.7 Å². The minimum absolute atomic E-state index is 0.0360. The highest BCUT2D eigenvalue weighted by molar-refractivity contribution is 5.31. The Balaban J connectivity index is 1.65. The van der Waals surface area contributed by atoms with Gasteiger partial charge in [0.2, 0.25) is 0 Å². The van der Waals surface area contributed by atoms with E-state index >= 15 is 0 Å². The molecule has 0 aromatic heterocycles. The smallest absolute Gasteiger partial charge is 0.397 e. The molecule has 0 fully saturated rings. The van der Waals surface area contributed by atoms with Crippen molar-refractivity contribution in [3.8, 4) is 5.75 Å². The van der Waals surface area contributed by atoms with E-state index in [1.807, 2.05) is 30.3 Å². The second-order valence-corrected chi connectivity index (χ2v) is 7.20. The topological polar surface area (TPSA) is 18.5 Å². The van der Waals surface area contributed by atoms with Crippen molar-refractivity contribution in [2.24, 2.45) is 0 Å². The van der Waals surface area contributed by atoms with Gasteiger partial charge in [-0.2, -0.15) is 13.2 Å². The summed E-state index contributed by atoms with van der Waals surface area (Å²) in [7, 11) is 0. The third-order valence-corrected chi connectivity index (χ3v) is 4.89. The van der Waals surface area contributed by atoms with E-state index in [9.17, 15) is 17.6 Å². The summed E-state index contributed by atoms with van der Waals surface area (Å²) in [6.07, 6.45) is -4.05. The SMILES string of the molecule is CCOc1ccc(C(COCc2ccc(F)c(Cc3ccccc3)c2)C(F)(F)F)cc1. The molecular weight excluding hydrogens is 408 g/mol. The van der Waals surface area contributed by atoms with Gasteiger partial charge in [0, 0.05) is 6.42 Å². The molecule has 0 amide bonds. The van der Waals surface area contributed by atoms with Crippen LogP contribution in [0.25, 0.3) is 0 Å². The molecule has 1 atom stereocenters. The quantitative estimate of drug-likeness (QED) is 0.351. The molecule has 31 heavy (non-hydrogen) atoms. The minimum atomic E-state index is -4.45. The zero-order chi connectivity index (χ0) is 22.3. The Hall–Kier alpha value is -2.86. The van der Waals surface area contributed by atoms with Gasteiger partial charge in [-0.1, -0.05) is 54.6 Å². The van der Waals surface area contributed by atoms with E-state index in [1.165, 1.54) is 36.4 Å². The van der Waals surface area contributed by atoms with Crippen LogP contribution in [0.15, 0.2) is 72.8 Å². The van der Waals surface area contributed by atoms with Crippen molar-refractivity contribution in [3.63, 3.8) is 0 Å². The molecule has 0 saturated carbocycles. The van der Waals surface area contributed by atoms with Crippen LogP contribution in [0, 0.1) is 5.82 Å². The fourth-order valence-electron chi connectivity index (χ4n) is 3.31. The van der Waals surface area contributed by atoms with Gasteiger partial charge in [-0.25, -0.2) is 4.39 Å². The first-order valence-electron chi connectivity index (χ1n) is 10.0. The van der Waals surface area contributed by atoms with Gasteiger partial charge in [-0.15, -0.1) is 0 Å². The first kappa shape index (κ1) is 22.8. The highest BCUT2D eigenvalue weighted by Gasteiger charge is 2.40. The summed E-state index contributed by atoms with van der Waals surface area (Å²) in [5.41, 5.74) is 2.16. The predicted octanol–water partition coefficient (Wildman–Crippen LogP) is 6.68.